The number of benzene rings is 2. The van der Waals surface area contributed by atoms with E-state index in [-0.39, 0.29) is 11.7 Å². The first-order valence-corrected chi connectivity index (χ1v) is 12.9. The molecule has 1 aliphatic rings. The maximum absolute atomic E-state index is 13.9. The minimum atomic E-state index is -0.314. The number of pyridine rings is 1. The topological polar surface area (TPSA) is 74.3 Å². The number of hydrogen-bond acceptors (Lipinski definition) is 5. The van der Waals surface area contributed by atoms with Crippen LogP contribution in [0.3, 0.4) is 0 Å². The number of rotatable bonds is 9. The van der Waals surface area contributed by atoms with Gasteiger partial charge in [0.1, 0.15) is 11.6 Å². The van der Waals surface area contributed by atoms with Crippen LogP contribution in [0.25, 0.3) is 22.0 Å². The van der Waals surface area contributed by atoms with Crippen molar-refractivity contribution in [2.45, 2.75) is 32.7 Å². The summed E-state index contributed by atoms with van der Waals surface area (Å²) < 4.78 is 19.8. The fourth-order valence-corrected chi connectivity index (χ4v) is 4.95. The summed E-state index contributed by atoms with van der Waals surface area (Å²) in [5, 5.41) is 8.11. The van der Waals surface area contributed by atoms with Crippen LogP contribution in [0.1, 0.15) is 42.1 Å². The predicted octanol–water partition coefficient (Wildman–Crippen LogP) is 5.29. The molecule has 0 aliphatic carbocycles. The van der Waals surface area contributed by atoms with Crippen molar-refractivity contribution in [1.29, 1.82) is 0 Å². The second-order valence-electron chi connectivity index (χ2n) is 9.42. The SMILES string of the molecule is CCOc1cc(C(=O)N(CCN2CCCCC2)Cc2cncc3cn[nH]c23)ccc1-c1cccc(F)c1. The average molecular weight is 502 g/mol. The van der Waals surface area contributed by atoms with Gasteiger partial charge in [-0.2, -0.15) is 5.10 Å². The first-order chi connectivity index (χ1) is 18.1. The zero-order valence-electron chi connectivity index (χ0n) is 21.1. The van der Waals surface area contributed by atoms with Gasteiger partial charge in [-0.3, -0.25) is 14.9 Å². The van der Waals surface area contributed by atoms with Crippen LogP contribution in [-0.2, 0) is 6.54 Å². The summed E-state index contributed by atoms with van der Waals surface area (Å²) in [6.07, 6.45) is 8.97. The second kappa shape index (κ2) is 11.5. The minimum absolute atomic E-state index is 0.0831. The standard InChI is InChI=1S/C29H32FN5O2/c1-2-37-27-16-22(9-10-26(27)21-7-6-8-25(30)15-21)29(36)35(14-13-34-11-4-3-5-12-34)20-24-18-31-17-23-19-32-33-28(23)24/h6-10,15-19H,2-5,11-14,20H2,1H3,(H,32,33). The van der Waals surface area contributed by atoms with Crippen LogP contribution in [0.5, 0.6) is 5.75 Å². The Morgan fingerprint density at radius 2 is 1.97 bits per heavy atom. The normalized spacial score (nSPS) is 14.1. The average Bonchev–Trinajstić information content (AvgIpc) is 3.41. The molecule has 192 valence electrons. The number of nitrogens with one attached hydrogen (secondary N) is 1. The van der Waals surface area contributed by atoms with Gasteiger partial charge < -0.3 is 14.5 Å². The van der Waals surface area contributed by atoms with Crippen LogP contribution in [0.15, 0.2) is 61.1 Å². The molecule has 5 rings (SSSR count). The quantitative estimate of drug-likeness (QED) is 0.337. The summed E-state index contributed by atoms with van der Waals surface area (Å²) in [6.45, 7) is 6.29. The summed E-state index contributed by atoms with van der Waals surface area (Å²) in [4.78, 5) is 22.6. The minimum Gasteiger partial charge on any atom is -0.493 e. The summed E-state index contributed by atoms with van der Waals surface area (Å²) in [5.74, 6) is 0.165. The lowest BCUT2D eigenvalue weighted by Gasteiger charge is -2.30. The van der Waals surface area contributed by atoms with Crippen LogP contribution in [0.2, 0.25) is 0 Å². The van der Waals surface area contributed by atoms with Crippen LogP contribution in [-0.4, -0.2) is 63.7 Å². The van der Waals surface area contributed by atoms with Gasteiger partial charge in [-0.05, 0) is 68.8 Å². The van der Waals surface area contributed by atoms with Crippen molar-refractivity contribution < 1.29 is 13.9 Å². The van der Waals surface area contributed by atoms with Crippen molar-refractivity contribution in [2.24, 2.45) is 0 Å². The number of hydrogen-bond donors (Lipinski definition) is 1. The van der Waals surface area contributed by atoms with E-state index >= 15 is 0 Å². The Morgan fingerprint density at radius 1 is 1.11 bits per heavy atom. The molecule has 1 saturated heterocycles. The van der Waals surface area contributed by atoms with Gasteiger partial charge in [0.2, 0.25) is 0 Å². The Kier molecular flexibility index (Phi) is 7.75. The number of carbonyl (C=O) groups excluding carboxylic acids is 1. The fraction of sp³-hybridized carbons (Fsp3) is 0.345. The molecule has 1 aliphatic heterocycles. The van der Waals surface area contributed by atoms with E-state index in [0.717, 1.165) is 41.7 Å². The Morgan fingerprint density at radius 3 is 2.78 bits per heavy atom. The number of aromatic nitrogens is 3. The maximum atomic E-state index is 13.9. The van der Waals surface area contributed by atoms with E-state index in [4.69, 9.17) is 4.74 Å². The molecule has 0 unspecified atom stereocenters. The van der Waals surface area contributed by atoms with Gasteiger partial charge in [0, 0.05) is 54.1 Å². The van der Waals surface area contributed by atoms with E-state index in [1.54, 1.807) is 36.8 Å². The van der Waals surface area contributed by atoms with Gasteiger partial charge >= 0.3 is 0 Å². The molecule has 0 bridgehead atoms. The molecule has 0 atom stereocenters. The molecule has 0 radical (unpaired) electrons. The number of fused-ring (bicyclic) bond motifs is 1. The smallest absolute Gasteiger partial charge is 0.254 e. The number of H-pyrrole nitrogens is 1. The lowest BCUT2D eigenvalue weighted by atomic mass is 10.0. The van der Waals surface area contributed by atoms with E-state index in [2.05, 4.69) is 20.1 Å². The van der Waals surface area contributed by atoms with Gasteiger partial charge in [0.25, 0.3) is 5.91 Å². The molecule has 8 heteroatoms. The zero-order valence-corrected chi connectivity index (χ0v) is 21.1. The number of halogens is 1. The highest BCUT2D eigenvalue weighted by atomic mass is 19.1. The highest BCUT2D eigenvalue weighted by molar-refractivity contribution is 5.96. The molecule has 0 saturated carbocycles. The van der Waals surface area contributed by atoms with Crippen molar-refractivity contribution in [1.82, 2.24) is 25.0 Å². The Labute approximate surface area is 216 Å². The number of carbonyl (C=O) groups is 1. The summed E-state index contributed by atoms with van der Waals surface area (Å²) in [5.41, 5.74) is 3.81. The number of piperidine rings is 1. The number of aromatic amines is 1. The predicted molar refractivity (Wildman–Crippen MR) is 142 cm³/mol. The van der Waals surface area contributed by atoms with Gasteiger partial charge in [-0.25, -0.2) is 4.39 Å². The van der Waals surface area contributed by atoms with E-state index in [0.29, 0.717) is 36.6 Å². The molecular formula is C29H32FN5O2. The fourth-order valence-electron chi connectivity index (χ4n) is 4.95. The maximum Gasteiger partial charge on any atom is 0.254 e. The van der Waals surface area contributed by atoms with Crippen molar-refractivity contribution in [3.05, 3.63) is 78.0 Å². The molecule has 1 N–H and O–H groups in total. The third kappa shape index (κ3) is 5.80. The van der Waals surface area contributed by atoms with E-state index < -0.39 is 0 Å². The highest BCUT2D eigenvalue weighted by Gasteiger charge is 2.21. The number of ether oxygens (including phenoxy) is 1. The van der Waals surface area contributed by atoms with Crippen molar-refractivity contribution in [3.63, 3.8) is 0 Å². The lowest BCUT2D eigenvalue weighted by molar-refractivity contribution is 0.0715. The van der Waals surface area contributed by atoms with Crippen molar-refractivity contribution in [2.75, 3.05) is 32.8 Å². The molecule has 3 heterocycles. The summed E-state index contributed by atoms with van der Waals surface area (Å²) in [7, 11) is 0. The molecule has 2 aromatic carbocycles. The van der Waals surface area contributed by atoms with E-state index in [9.17, 15) is 9.18 Å². The Balaban J connectivity index is 1.44. The molecule has 2 aromatic heterocycles. The molecule has 4 aromatic rings. The van der Waals surface area contributed by atoms with Gasteiger partial charge in [0.15, 0.2) is 0 Å². The molecular weight excluding hydrogens is 469 g/mol. The van der Waals surface area contributed by atoms with Crippen LogP contribution in [0, 0.1) is 5.82 Å². The second-order valence-corrected chi connectivity index (χ2v) is 9.42. The van der Waals surface area contributed by atoms with Crippen molar-refractivity contribution in [3.8, 4) is 16.9 Å². The molecule has 0 spiro atoms. The first-order valence-electron chi connectivity index (χ1n) is 12.9. The molecule has 7 nitrogen and oxygen atoms in total. The highest BCUT2D eigenvalue weighted by Crippen LogP contribution is 2.32. The van der Waals surface area contributed by atoms with E-state index in [1.165, 1.54) is 31.4 Å². The lowest BCUT2D eigenvalue weighted by Crippen LogP contribution is -2.40. The zero-order chi connectivity index (χ0) is 25.6. The number of nitrogens with zero attached hydrogens (tertiary/aromatic N) is 4. The summed E-state index contributed by atoms with van der Waals surface area (Å²) in [6, 6.07) is 11.8. The van der Waals surface area contributed by atoms with Gasteiger partial charge in [-0.1, -0.05) is 18.6 Å². The van der Waals surface area contributed by atoms with Crippen molar-refractivity contribution >= 4 is 16.8 Å². The third-order valence-corrected chi connectivity index (χ3v) is 6.88. The Bertz CT molecular complexity index is 1370. The molecule has 1 fully saturated rings. The first kappa shape index (κ1) is 24.9. The van der Waals surface area contributed by atoms with E-state index in [1.807, 2.05) is 24.0 Å². The monoisotopic (exact) mass is 501 g/mol. The third-order valence-electron chi connectivity index (χ3n) is 6.88. The van der Waals surface area contributed by atoms with Crippen LogP contribution in [0.4, 0.5) is 4.39 Å². The van der Waals surface area contributed by atoms with Crippen LogP contribution >= 0.6 is 0 Å². The number of amides is 1. The largest absolute Gasteiger partial charge is 0.493 e. The Hall–Kier alpha value is -3.78. The summed E-state index contributed by atoms with van der Waals surface area (Å²) >= 11 is 0. The van der Waals surface area contributed by atoms with Gasteiger partial charge in [-0.15, -0.1) is 0 Å². The van der Waals surface area contributed by atoms with Crippen LogP contribution < -0.4 is 4.74 Å². The van der Waals surface area contributed by atoms with Gasteiger partial charge in [0.05, 0.1) is 18.3 Å². The number of likely N-dealkylation sites (tertiary alicyclic amines) is 1. The molecule has 1 amide bonds. The molecule has 37 heavy (non-hydrogen) atoms.